The van der Waals surface area contributed by atoms with E-state index in [9.17, 15) is 4.79 Å². The minimum Gasteiger partial charge on any atom is -1.00 e. The second-order valence-electron chi connectivity index (χ2n) is 10.3. The molecule has 0 saturated carbocycles. The summed E-state index contributed by atoms with van der Waals surface area (Å²) in [5.74, 6) is 0.910. The fourth-order valence-electron chi connectivity index (χ4n) is 5.21. The number of hydrogen-bond acceptors (Lipinski definition) is 2. The van der Waals surface area contributed by atoms with Gasteiger partial charge in [-0.3, -0.25) is 4.79 Å². The fraction of sp³-hybridized carbons (Fsp3) is 0.323. The molecule has 3 aromatic rings. The summed E-state index contributed by atoms with van der Waals surface area (Å²) >= 11 is 1.83. The summed E-state index contributed by atoms with van der Waals surface area (Å²) in [6, 6.07) is 23.7. The zero-order valence-corrected chi connectivity index (χ0v) is 24.2. The summed E-state index contributed by atoms with van der Waals surface area (Å²) < 4.78 is 1.13. The van der Waals surface area contributed by atoms with Crippen molar-refractivity contribution in [2.45, 2.75) is 44.0 Å². The minimum absolute atomic E-state index is 0. The van der Waals surface area contributed by atoms with Crippen molar-refractivity contribution >= 4 is 29.4 Å². The minimum atomic E-state index is 0. The van der Waals surface area contributed by atoms with Crippen molar-refractivity contribution in [1.29, 1.82) is 0 Å². The standard InChI is InChI=1S/C31H34N2OS.HI/c1-23-6-10-25(11-7-23)26-12-15-30-28(20-26)21-27(16-19-35-30)31(34)32-29-13-8-24(9-14-29)22-33(2)17-4-3-5-18-33;/h6-15,20-21H,3-5,16-19,22H2,1-2H3;1H. The van der Waals surface area contributed by atoms with Gasteiger partial charge in [0.25, 0.3) is 5.91 Å². The van der Waals surface area contributed by atoms with Crippen LogP contribution in [0.15, 0.2) is 77.2 Å². The molecule has 2 aliphatic heterocycles. The number of rotatable bonds is 5. The molecule has 1 N–H and O–H groups in total. The number of piperidine rings is 1. The maximum atomic E-state index is 13.2. The molecule has 3 nitrogen and oxygen atoms in total. The van der Waals surface area contributed by atoms with Gasteiger partial charge in [-0.2, -0.15) is 0 Å². The fourth-order valence-corrected chi connectivity index (χ4v) is 6.20. The van der Waals surface area contributed by atoms with Crippen LogP contribution < -0.4 is 29.3 Å². The SMILES string of the molecule is Cc1ccc(-c2ccc3c(c2)C=C(C(=O)Nc2ccc(C[N+]4(C)CCCCC4)cc2)CCS3)cc1.[I-]. The van der Waals surface area contributed by atoms with Crippen LogP contribution in [-0.4, -0.2) is 36.3 Å². The average Bonchev–Trinajstić information content (AvgIpc) is 3.08. The van der Waals surface area contributed by atoms with E-state index in [0.29, 0.717) is 0 Å². The second-order valence-corrected chi connectivity index (χ2v) is 11.5. The first-order chi connectivity index (χ1) is 17.0. The number of carbonyl (C=O) groups is 1. The Morgan fingerprint density at radius 1 is 0.917 bits per heavy atom. The lowest BCUT2D eigenvalue weighted by atomic mass is 10.0. The molecule has 188 valence electrons. The molecule has 0 bridgehead atoms. The van der Waals surface area contributed by atoms with E-state index in [1.54, 1.807) is 0 Å². The maximum Gasteiger partial charge on any atom is 0.251 e. The number of nitrogens with one attached hydrogen (secondary N) is 1. The molecule has 5 rings (SSSR count). The smallest absolute Gasteiger partial charge is 0.251 e. The van der Waals surface area contributed by atoms with Crippen molar-refractivity contribution in [3.8, 4) is 11.1 Å². The van der Waals surface area contributed by atoms with E-state index in [-0.39, 0.29) is 29.9 Å². The van der Waals surface area contributed by atoms with Gasteiger partial charge >= 0.3 is 0 Å². The number of thioether (sulfide) groups is 1. The van der Waals surface area contributed by atoms with Crippen LogP contribution in [0.3, 0.4) is 0 Å². The number of quaternary nitrogens is 1. The summed E-state index contributed by atoms with van der Waals surface area (Å²) in [5, 5.41) is 3.14. The molecule has 0 aliphatic carbocycles. The van der Waals surface area contributed by atoms with E-state index in [0.717, 1.165) is 40.0 Å². The van der Waals surface area contributed by atoms with Crippen LogP contribution in [-0.2, 0) is 11.3 Å². The molecule has 2 heterocycles. The van der Waals surface area contributed by atoms with E-state index in [2.05, 4.69) is 92.1 Å². The third-order valence-electron chi connectivity index (χ3n) is 7.32. The first kappa shape index (κ1) is 27.0. The molecule has 0 aromatic heterocycles. The van der Waals surface area contributed by atoms with E-state index >= 15 is 0 Å². The van der Waals surface area contributed by atoms with E-state index in [1.807, 2.05) is 11.8 Å². The van der Waals surface area contributed by atoms with Crippen molar-refractivity contribution < 1.29 is 33.3 Å². The van der Waals surface area contributed by atoms with Crippen LogP contribution >= 0.6 is 11.8 Å². The molecule has 1 fully saturated rings. The molecule has 1 saturated heterocycles. The molecule has 0 spiro atoms. The number of anilines is 1. The molecule has 1 amide bonds. The van der Waals surface area contributed by atoms with Crippen LogP contribution in [0.2, 0.25) is 0 Å². The molecular weight excluding hydrogens is 575 g/mol. The van der Waals surface area contributed by atoms with Crippen LogP contribution in [0.25, 0.3) is 17.2 Å². The number of fused-ring (bicyclic) bond motifs is 1. The number of aryl methyl sites for hydroxylation is 1. The molecule has 0 radical (unpaired) electrons. The van der Waals surface area contributed by atoms with Crippen molar-refractivity contribution in [2.24, 2.45) is 0 Å². The molecule has 0 unspecified atom stereocenters. The number of hydrogen-bond donors (Lipinski definition) is 1. The first-order valence-corrected chi connectivity index (χ1v) is 13.7. The lowest BCUT2D eigenvalue weighted by Gasteiger charge is -2.37. The summed E-state index contributed by atoms with van der Waals surface area (Å²) in [4.78, 5) is 14.4. The largest absolute Gasteiger partial charge is 1.00 e. The van der Waals surface area contributed by atoms with Gasteiger partial charge in [-0.05, 0) is 79.6 Å². The normalized spacial score (nSPS) is 16.7. The molecule has 0 atom stereocenters. The molecule has 2 aliphatic rings. The lowest BCUT2D eigenvalue weighted by molar-refractivity contribution is -0.926. The Morgan fingerprint density at radius 3 is 2.33 bits per heavy atom. The van der Waals surface area contributed by atoms with Gasteiger partial charge in [0.15, 0.2) is 0 Å². The van der Waals surface area contributed by atoms with Crippen molar-refractivity contribution in [3.63, 3.8) is 0 Å². The van der Waals surface area contributed by atoms with Gasteiger partial charge in [-0.25, -0.2) is 0 Å². The number of amides is 1. The predicted molar refractivity (Wildman–Crippen MR) is 148 cm³/mol. The Balaban J connectivity index is 0.00000304. The number of carbonyl (C=O) groups excluding carboxylic acids is 1. The highest BCUT2D eigenvalue weighted by atomic mass is 127. The number of halogens is 1. The summed E-state index contributed by atoms with van der Waals surface area (Å²) in [6.45, 7) is 5.70. The zero-order chi connectivity index (χ0) is 24.3. The average molecular weight is 611 g/mol. The highest BCUT2D eigenvalue weighted by molar-refractivity contribution is 7.99. The Bertz CT molecular complexity index is 1230. The number of nitrogens with zero attached hydrogens (tertiary/aromatic N) is 1. The summed E-state index contributed by atoms with van der Waals surface area (Å²) in [7, 11) is 2.37. The highest BCUT2D eigenvalue weighted by Gasteiger charge is 2.25. The van der Waals surface area contributed by atoms with Crippen LogP contribution in [0.4, 0.5) is 5.69 Å². The monoisotopic (exact) mass is 610 g/mol. The zero-order valence-electron chi connectivity index (χ0n) is 21.2. The quantitative estimate of drug-likeness (QED) is 0.345. The molecule has 36 heavy (non-hydrogen) atoms. The van der Waals surface area contributed by atoms with E-state index < -0.39 is 0 Å². The van der Waals surface area contributed by atoms with Crippen LogP contribution in [0.5, 0.6) is 0 Å². The first-order valence-electron chi connectivity index (χ1n) is 12.8. The Morgan fingerprint density at radius 2 is 1.61 bits per heavy atom. The van der Waals surface area contributed by atoms with Gasteiger partial charge in [0.1, 0.15) is 6.54 Å². The van der Waals surface area contributed by atoms with Gasteiger partial charge < -0.3 is 33.8 Å². The number of benzene rings is 3. The lowest BCUT2D eigenvalue weighted by Crippen LogP contribution is -3.00. The maximum absolute atomic E-state index is 13.2. The Labute approximate surface area is 237 Å². The van der Waals surface area contributed by atoms with Crippen molar-refractivity contribution in [3.05, 3.63) is 89.0 Å². The third-order valence-corrected chi connectivity index (χ3v) is 8.41. The van der Waals surface area contributed by atoms with Crippen molar-refractivity contribution in [1.82, 2.24) is 0 Å². The second kappa shape index (κ2) is 12.0. The highest BCUT2D eigenvalue weighted by Crippen LogP contribution is 2.34. The van der Waals surface area contributed by atoms with Crippen LogP contribution in [0, 0.1) is 6.92 Å². The summed E-state index contributed by atoms with van der Waals surface area (Å²) in [5.41, 5.74) is 7.82. The van der Waals surface area contributed by atoms with Gasteiger partial charge in [0, 0.05) is 27.5 Å². The van der Waals surface area contributed by atoms with E-state index in [1.165, 1.54) is 59.5 Å². The van der Waals surface area contributed by atoms with E-state index in [4.69, 9.17) is 0 Å². The third kappa shape index (κ3) is 6.61. The van der Waals surface area contributed by atoms with Crippen molar-refractivity contribution in [2.75, 3.05) is 31.2 Å². The predicted octanol–water partition coefficient (Wildman–Crippen LogP) is 4.31. The Kier molecular flexibility index (Phi) is 8.96. The van der Waals surface area contributed by atoms with Crippen LogP contribution in [0.1, 0.15) is 42.4 Å². The molecular formula is C31H35IN2OS. The topological polar surface area (TPSA) is 29.1 Å². The molecule has 3 aromatic carbocycles. The van der Waals surface area contributed by atoms with Gasteiger partial charge in [0.05, 0.1) is 20.1 Å². The van der Waals surface area contributed by atoms with Gasteiger partial charge in [0.2, 0.25) is 0 Å². The number of likely N-dealkylation sites (tertiary alicyclic amines) is 1. The summed E-state index contributed by atoms with van der Waals surface area (Å²) in [6.07, 6.45) is 6.86. The van der Waals surface area contributed by atoms with Gasteiger partial charge in [-0.15, -0.1) is 11.8 Å². The molecule has 5 heteroatoms. The Hall–Kier alpha value is -2.09. The van der Waals surface area contributed by atoms with Gasteiger partial charge in [-0.1, -0.05) is 48.0 Å².